The van der Waals surface area contributed by atoms with Gasteiger partial charge in [-0.2, -0.15) is 0 Å². The molecule has 0 bridgehead atoms. The third-order valence-electron chi connectivity index (χ3n) is 2.04. The predicted molar refractivity (Wildman–Crippen MR) is 66.1 cm³/mol. The minimum absolute atomic E-state index is 0.00177. The summed E-state index contributed by atoms with van der Waals surface area (Å²) in [6.07, 6.45) is 0. The normalized spacial score (nSPS) is 11.6. The molecule has 1 heterocycles. The highest BCUT2D eigenvalue weighted by Crippen LogP contribution is 2.13. The lowest BCUT2D eigenvalue weighted by Gasteiger charge is -2.19. The molecule has 0 amide bonds. The van der Waals surface area contributed by atoms with Gasteiger partial charge in [-0.25, -0.2) is 4.98 Å². The van der Waals surface area contributed by atoms with Crippen LogP contribution in [0.25, 0.3) is 0 Å². The molecule has 17 heavy (non-hydrogen) atoms. The maximum atomic E-state index is 9.06. The molecule has 0 fully saturated rings. The van der Waals surface area contributed by atoms with Gasteiger partial charge in [0.25, 0.3) is 0 Å². The first kappa shape index (κ1) is 13.9. The molecule has 0 aromatic carbocycles. The predicted octanol–water partition coefficient (Wildman–Crippen LogP) is 2.08. The van der Waals surface area contributed by atoms with Crippen molar-refractivity contribution in [1.82, 2.24) is 4.98 Å². The third-order valence-corrected chi connectivity index (χ3v) is 2.04. The number of nitrogens with zero attached hydrogens (tertiary/aromatic N) is 1. The van der Waals surface area contributed by atoms with Gasteiger partial charge in [-0.15, -0.1) is 0 Å². The number of aliphatic hydroxyl groups is 1. The number of hydrogen-bond donors (Lipinski definition) is 1. The number of aryl methyl sites for hydroxylation is 1. The van der Waals surface area contributed by atoms with Crippen LogP contribution in [0.5, 0.6) is 5.88 Å². The molecule has 1 aromatic heterocycles. The lowest BCUT2D eigenvalue weighted by atomic mass is 10.2. The van der Waals surface area contributed by atoms with E-state index in [1.54, 1.807) is 6.07 Å². The SMILES string of the molecule is Cc1cc(CO)cc(OCCOC(C)(C)C)n1. The summed E-state index contributed by atoms with van der Waals surface area (Å²) >= 11 is 0. The molecule has 0 spiro atoms. The number of hydrogen-bond acceptors (Lipinski definition) is 4. The van der Waals surface area contributed by atoms with E-state index in [0.29, 0.717) is 19.1 Å². The molecule has 0 radical (unpaired) electrons. The number of rotatable bonds is 5. The highest BCUT2D eigenvalue weighted by atomic mass is 16.5. The molecular formula is C13H21NO3. The van der Waals surface area contributed by atoms with Crippen LogP contribution in [0.2, 0.25) is 0 Å². The van der Waals surface area contributed by atoms with E-state index in [9.17, 15) is 0 Å². The first-order valence-electron chi connectivity index (χ1n) is 5.76. The number of pyridine rings is 1. The Morgan fingerprint density at radius 1 is 1.24 bits per heavy atom. The molecule has 4 nitrogen and oxygen atoms in total. The van der Waals surface area contributed by atoms with Gasteiger partial charge in [0.05, 0.1) is 18.8 Å². The summed E-state index contributed by atoms with van der Waals surface area (Å²) in [6, 6.07) is 3.57. The summed E-state index contributed by atoms with van der Waals surface area (Å²) < 4.78 is 11.0. The summed E-state index contributed by atoms with van der Waals surface area (Å²) in [5.74, 6) is 0.534. The van der Waals surface area contributed by atoms with Crippen molar-refractivity contribution in [2.75, 3.05) is 13.2 Å². The van der Waals surface area contributed by atoms with Crippen LogP contribution in [0.1, 0.15) is 32.0 Å². The number of ether oxygens (including phenoxy) is 2. The summed E-state index contributed by atoms with van der Waals surface area (Å²) in [4.78, 5) is 4.23. The average molecular weight is 239 g/mol. The number of aliphatic hydroxyl groups excluding tert-OH is 1. The topological polar surface area (TPSA) is 51.6 Å². The van der Waals surface area contributed by atoms with Gasteiger partial charge in [0.15, 0.2) is 0 Å². The fraction of sp³-hybridized carbons (Fsp3) is 0.615. The lowest BCUT2D eigenvalue weighted by Crippen LogP contribution is -2.22. The van der Waals surface area contributed by atoms with Crippen LogP contribution < -0.4 is 4.74 Å². The van der Waals surface area contributed by atoms with Gasteiger partial charge in [-0.05, 0) is 39.3 Å². The van der Waals surface area contributed by atoms with Crippen molar-refractivity contribution in [1.29, 1.82) is 0 Å². The zero-order chi connectivity index (χ0) is 12.9. The molecule has 0 atom stereocenters. The largest absolute Gasteiger partial charge is 0.475 e. The molecule has 96 valence electrons. The van der Waals surface area contributed by atoms with Gasteiger partial charge < -0.3 is 14.6 Å². The zero-order valence-electron chi connectivity index (χ0n) is 11.0. The minimum Gasteiger partial charge on any atom is -0.475 e. The van der Waals surface area contributed by atoms with E-state index in [4.69, 9.17) is 14.6 Å². The van der Waals surface area contributed by atoms with E-state index in [-0.39, 0.29) is 12.2 Å². The van der Waals surface area contributed by atoms with Crippen molar-refractivity contribution in [3.63, 3.8) is 0 Å². The first-order chi connectivity index (χ1) is 7.90. The Morgan fingerprint density at radius 3 is 2.53 bits per heavy atom. The first-order valence-corrected chi connectivity index (χ1v) is 5.76. The van der Waals surface area contributed by atoms with Crippen molar-refractivity contribution in [3.05, 3.63) is 23.4 Å². The fourth-order valence-corrected chi connectivity index (χ4v) is 1.37. The van der Waals surface area contributed by atoms with E-state index >= 15 is 0 Å². The van der Waals surface area contributed by atoms with Crippen molar-refractivity contribution >= 4 is 0 Å². The monoisotopic (exact) mass is 239 g/mol. The Kier molecular flexibility index (Phi) is 4.90. The molecule has 0 aliphatic rings. The highest BCUT2D eigenvalue weighted by Gasteiger charge is 2.09. The van der Waals surface area contributed by atoms with Crippen LogP contribution in [0.15, 0.2) is 12.1 Å². The van der Waals surface area contributed by atoms with Gasteiger partial charge in [0.2, 0.25) is 5.88 Å². The summed E-state index contributed by atoms with van der Waals surface area (Å²) in [6.45, 7) is 8.85. The van der Waals surface area contributed by atoms with Crippen LogP contribution in [-0.2, 0) is 11.3 Å². The highest BCUT2D eigenvalue weighted by molar-refractivity contribution is 5.23. The standard InChI is InChI=1S/C13H21NO3/c1-10-7-11(9-15)8-12(14-10)16-5-6-17-13(2,3)4/h7-8,15H,5-6,9H2,1-4H3. The Bertz CT molecular complexity index is 358. The Balaban J connectivity index is 2.44. The molecule has 0 saturated heterocycles. The minimum atomic E-state index is -0.153. The average Bonchev–Trinajstić information content (AvgIpc) is 2.22. The second-order valence-electron chi connectivity index (χ2n) is 4.92. The molecular weight excluding hydrogens is 218 g/mol. The summed E-state index contributed by atoms with van der Waals surface area (Å²) in [5.41, 5.74) is 1.49. The fourth-order valence-electron chi connectivity index (χ4n) is 1.37. The second kappa shape index (κ2) is 5.98. The van der Waals surface area contributed by atoms with Crippen molar-refractivity contribution in [2.45, 2.75) is 39.9 Å². The van der Waals surface area contributed by atoms with Crippen LogP contribution in [0.3, 0.4) is 0 Å². The van der Waals surface area contributed by atoms with E-state index < -0.39 is 0 Å². The van der Waals surface area contributed by atoms with Gasteiger partial charge >= 0.3 is 0 Å². The summed E-state index contributed by atoms with van der Waals surface area (Å²) in [5, 5.41) is 9.06. The Labute approximate surface area is 103 Å². The zero-order valence-corrected chi connectivity index (χ0v) is 11.0. The van der Waals surface area contributed by atoms with E-state index in [2.05, 4.69) is 4.98 Å². The van der Waals surface area contributed by atoms with E-state index in [0.717, 1.165) is 11.3 Å². The molecule has 1 N–H and O–H groups in total. The maximum absolute atomic E-state index is 9.06. The third kappa shape index (κ3) is 5.65. The van der Waals surface area contributed by atoms with Gasteiger partial charge in [0, 0.05) is 11.8 Å². The molecule has 4 heteroatoms. The Hall–Kier alpha value is -1.13. The van der Waals surface area contributed by atoms with Gasteiger partial charge in [-0.1, -0.05) is 0 Å². The molecule has 0 saturated carbocycles. The van der Waals surface area contributed by atoms with Gasteiger partial charge in [0.1, 0.15) is 6.61 Å². The Morgan fingerprint density at radius 2 is 1.94 bits per heavy atom. The lowest BCUT2D eigenvalue weighted by molar-refractivity contribution is -0.0168. The van der Waals surface area contributed by atoms with E-state index in [1.165, 1.54) is 0 Å². The molecule has 1 aromatic rings. The van der Waals surface area contributed by atoms with Crippen LogP contribution in [0.4, 0.5) is 0 Å². The second-order valence-corrected chi connectivity index (χ2v) is 4.92. The van der Waals surface area contributed by atoms with Crippen LogP contribution in [0, 0.1) is 6.92 Å². The van der Waals surface area contributed by atoms with Crippen molar-refractivity contribution in [2.24, 2.45) is 0 Å². The summed E-state index contributed by atoms with van der Waals surface area (Å²) in [7, 11) is 0. The smallest absolute Gasteiger partial charge is 0.213 e. The van der Waals surface area contributed by atoms with Crippen LogP contribution >= 0.6 is 0 Å². The molecule has 0 unspecified atom stereocenters. The molecule has 1 rings (SSSR count). The van der Waals surface area contributed by atoms with E-state index in [1.807, 2.05) is 33.8 Å². The van der Waals surface area contributed by atoms with Gasteiger partial charge in [-0.3, -0.25) is 0 Å². The van der Waals surface area contributed by atoms with Crippen molar-refractivity contribution < 1.29 is 14.6 Å². The molecule has 0 aliphatic heterocycles. The maximum Gasteiger partial charge on any atom is 0.213 e. The quantitative estimate of drug-likeness (QED) is 0.799. The van der Waals surface area contributed by atoms with Crippen molar-refractivity contribution in [3.8, 4) is 5.88 Å². The van der Waals surface area contributed by atoms with Crippen LogP contribution in [-0.4, -0.2) is 28.9 Å². The number of aromatic nitrogens is 1. The molecule has 0 aliphatic carbocycles.